The fourth-order valence-corrected chi connectivity index (χ4v) is 3.05. The molecule has 1 saturated heterocycles. The van der Waals surface area contributed by atoms with Gasteiger partial charge in [-0.2, -0.15) is 11.8 Å². The zero-order valence-corrected chi connectivity index (χ0v) is 12.3. The van der Waals surface area contributed by atoms with Gasteiger partial charge in [-0.3, -0.25) is 4.90 Å². The van der Waals surface area contributed by atoms with Gasteiger partial charge in [-0.1, -0.05) is 6.08 Å². The highest BCUT2D eigenvalue weighted by atomic mass is 32.2. The molecule has 6 heteroatoms. The van der Waals surface area contributed by atoms with E-state index in [0.717, 1.165) is 44.9 Å². The van der Waals surface area contributed by atoms with Crippen molar-refractivity contribution in [1.29, 1.82) is 0 Å². The summed E-state index contributed by atoms with van der Waals surface area (Å²) >= 11 is 1.98. The molecule has 0 saturated carbocycles. The first kappa shape index (κ1) is 15.3. The molecule has 1 aromatic heterocycles. The second-order valence-corrected chi connectivity index (χ2v) is 5.93. The van der Waals surface area contributed by atoms with Crippen molar-refractivity contribution in [2.24, 2.45) is 0 Å². The molecule has 0 bridgehead atoms. The van der Waals surface area contributed by atoms with Gasteiger partial charge in [-0.05, 0) is 12.8 Å². The van der Waals surface area contributed by atoms with Crippen molar-refractivity contribution in [3.63, 3.8) is 0 Å². The van der Waals surface area contributed by atoms with Crippen LogP contribution < -0.4 is 4.74 Å². The molecular formula is C14H20FN3OS. The first-order chi connectivity index (χ1) is 9.78. The van der Waals surface area contributed by atoms with Gasteiger partial charge in [0.05, 0.1) is 12.4 Å². The van der Waals surface area contributed by atoms with Crippen LogP contribution in [0, 0.1) is 5.82 Å². The van der Waals surface area contributed by atoms with E-state index < -0.39 is 5.82 Å². The first-order valence-electron chi connectivity index (χ1n) is 6.83. The van der Waals surface area contributed by atoms with Gasteiger partial charge in [-0.25, -0.2) is 14.4 Å². The lowest BCUT2D eigenvalue weighted by Gasteiger charge is -2.29. The van der Waals surface area contributed by atoms with E-state index >= 15 is 0 Å². The first-order valence-corrected chi connectivity index (χ1v) is 7.98. The van der Waals surface area contributed by atoms with E-state index in [1.54, 1.807) is 0 Å². The van der Waals surface area contributed by atoms with Gasteiger partial charge < -0.3 is 4.74 Å². The minimum atomic E-state index is -0.451. The molecule has 4 nitrogen and oxygen atoms in total. The Bertz CT molecular complexity index is 409. The predicted molar refractivity (Wildman–Crippen MR) is 79.6 cm³/mol. The molecule has 2 rings (SSSR count). The SMILES string of the molecule is C=CCC[C@H](CN1CCSCC1)Oc1ncc(F)cn1. The van der Waals surface area contributed by atoms with Crippen LogP contribution in [0.15, 0.2) is 25.0 Å². The van der Waals surface area contributed by atoms with Crippen molar-refractivity contribution >= 4 is 11.8 Å². The summed E-state index contributed by atoms with van der Waals surface area (Å²) in [6, 6.07) is 0.242. The van der Waals surface area contributed by atoms with Crippen molar-refractivity contribution in [3.8, 4) is 6.01 Å². The van der Waals surface area contributed by atoms with Gasteiger partial charge in [0.25, 0.3) is 0 Å². The summed E-state index contributed by atoms with van der Waals surface area (Å²) in [5.41, 5.74) is 0. The second kappa shape index (κ2) is 8.21. The maximum absolute atomic E-state index is 12.8. The van der Waals surface area contributed by atoms with Gasteiger partial charge in [0, 0.05) is 31.1 Å². The Morgan fingerprint density at radius 2 is 2.10 bits per heavy atom. The van der Waals surface area contributed by atoms with Crippen molar-refractivity contribution in [1.82, 2.24) is 14.9 Å². The van der Waals surface area contributed by atoms with Gasteiger partial charge in [0.1, 0.15) is 6.10 Å². The van der Waals surface area contributed by atoms with Crippen LogP contribution in [0.2, 0.25) is 0 Å². The highest BCUT2D eigenvalue weighted by Crippen LogP contribution is 2.14. The molecule has 1 fully saturated rings. The highest BCUT2D eigenvalue weighted by molar-refractivity contribution is 7.99. The normalized spacial score (nSPS) is 17.6. The van der Waals surface area contributed by atoms with Crippen LogP contribution >= 0.6 is 11.8 Å². The summed E-state index contributed by atoms with van der Waals surface area (Å²) in [7, 11) is 0. The van der Waals surface area contributed by atoms with Crippen LogP contribution in [0.1, 0.15) is 12.8 Å². The van der Waals surface area contributed by atoms with Gasteiger partial charge >= 0.3 is 6.01 Å². The third kappa shape index (κ3) is 5.09. The molecule has 2 heterocycles. The second-order valence-electron chi connectivity index (χ2n) is 4.70. The molecule has 0 aliphatic carbocycles. The molecule has 0 radical (unpaired) electrons. The van der Waals surface area contributed by atoms with Crippen LogP contribution in [-0.2, 0) is 0 Å². The van der Waals surface area contributed by atoms with Crippen molar-refractivity contribution < 1.29 is 9.13 Å². The summed E-state index contributed by atoms with van der Waals surface area (Å²) in [6.45, 7) is 6.77. The average Bonchev–Trinajstić information content (AvgIpc) is 2.48. The Kier molecular flexibility index (Phi) is 6.26. The number of halogens is 1. The smallest absolute Gasteiger partial charge is 0.316 e. The van der Waals surface area contributed by atoms with E-state index in [-0.39, 0.29) is 12.1 Å². The van der Waals surface area contributed by atoms with Gasteiger partial charge in [0.15, 0.2) is 5.82 Å². The minimum absolute atomic E-state index is 0.0153. The largest absolute Gasteiger partial charge is 0.459 e. The number of thioether (sulfide) groups is 1. The number of rotatable bonds is 7. The Balaban J connectivity index is 1.91. The molecule has 1 aliphatic heterocycles. The quantitative estimate of drug-likeness (QED) is 0.723. The summed E-state index contributed by atoms with van der Waals surface area (Å²) < 4.78 is 18.6. The zero-order chi connectivity index (χ0) is 14.2. The number of nitrogens with zero attached hydrogens (tertiary/aromatic N) is 3. The summed E-state index contributed by atoms with van der Waals surface area (Å²) in [5, 5.41) is 0. The Hall–Kier alpha value is -1.14. The Morgan fingerprint density at radius 1 is 1.40 bits per heavy atom. The van der Waals surface area contributed by atoms with E-state index in [0.29, 0.717) is 0 Å². The number of hydrogen-bond acceptors (Lipinski definition) is 5. The number of hydrogen-bond donors (Lipinski definition) is 0. The zero-order valence-electron chi connectivity index (χ0n) is 11.5. The van der Waals surface area contributed by atoms with E-state index in [1.165, 1.54) is 11.5 Å². The van der Waals surface area contributed by atoms with Crippen LogP contribution in [0.4, 0.5) is 4.39 Å². The number of ether oxygens (including phenoxy) is 1. The predicted octanol–water partition coefficient (Wildman–Crippen LogP) is 2.38. The van der Waals surface area contributed by atoms with E-state index in [1.807, 2.05) is 17.8 Å². The molecule has 1 atom stereocenters. The van der Waals surface area contributed by atoms with Crippen LogP contribution in [-0.4, -0.2) is 52.1 Å². The molecule has 1 aromatic rings. The van der Waals surface area contributed by atoms with Crippen molar-refractivity contribution in [3.05, 3.63) is 30.9 Å². The maximum Gasteiger partial charge on any atom is 0.316 e. The Morgan fingerprint density at radius 3 is 2.75 bits per heavy atom. The van der Waals surface area contributed by atoms with Gasteiger partial charge in [0.2, 0.25) is 0 Å². The molecule has 0 spiro atoms. The van der Waals surface area contributed by atoms with Crippen molar-refractivity contribution in [2.45, 2.75) is 18.9 Å². The van der Waals surface area contributed by atoms with E-state index in [4.69, 9.17) is 4.74 Å². The molecular weight excluding hydrogens is 277 g/mol. The molecule has 0 unspecified atom stereocenters. The lowest BCUT2D eigenvalue weighted by Crippen LogP contribution is -2.40. The fraction of sp³-hybridized carbons (Fsp3) is 0.571. The van der Waals surface area contributed by atoms with Gasteiger partial charge in [-0.15, -0.1) is 6.58 Å². The van der Waals surface area contributed by atoms with Crippen LogP contribution in [0.25, 0.3) is 0 Å². The summed E-state index contributed by atoms with van der Waals surface area (Å²) in [4.78, 5) is 10.1. The minimum Gasteiger partial charge on any atom is -0.459 e. The lowest BCUT2D eigenvalue weighted by molar-refractivity contribution is 0.121. The maximum atomic E-state index is 12.8. The highest BCUT2D eigenvalue weighted by Gasteiger charge is 2.18. The number of aromatic nitrogens is 2. The third-order valence-electron chi connectivity index (χ3n) is 3.13. The molecule has 0 aromatic carbocycles. The molecule has 0 amide bonds. The van der Waals surface area contributed by atoms with Crippen LogP contribution in [0.5, 0.6) is 6.01 Å². The summed E-state index contributed by atoms with van der Waals surface area (Å²) in [5.74, 6) is 1.88. The number of allylic oxidation sites excluding steroid dienone is 1. The molecule has 1 aliphatic rings. The fourth-order valence-electron chi connectivity index (χ4n) is 2.07. The van der Waals surface area contributed by atoms with Crippen molar-refractivity contribution in [2.75, 3.05) is 31.1 Å². The lowest BCUT2D eigenvalue weighted by atomic mass is 10.2. The Labute approximate surface area is 123 Å². The third-order valence-corrected chi connectivity index (χ3v) is 4.07. The standard InChI is InChI=1S/C14H20FN3OS/c1-2-3-4-13(11-18-5-7-20-8-6-18)19-14-16-9-12(15)10-17-14/h2,9-10,13H,1,3-8,11H2/t13-/m1/s1. The van der Waals surface area contributed by atoms with Crippen LogP contribution in [0.3, 0.4) is 0 Å². The van der Waals surface area contributed by atoms with E-state index in [9.17, 15) is 4.39 Å². The topological polar surface area (TPSA) is 38.2 Å². The summed E-state index contributed by atoms with van der Waals surface area (Å²) in [6.07, 6.45) is 5.91. The van der Waals surface area contributed by atoms with E-state index in [2.05, 4.69) is 21.4 Å². The monoisotopic (exact) mass is 297 g/mol. The molecule has 110 valence electrons. The molecule has 20 heavy (non-hydrogen) atoms. The average molecular weight is 297 g/mol. The molecule has 0 N–H and O–H groups in total.